The summed E-state index contributed by atoms with van der Waals surface area (Å²) < 4.78 is 5.18. The van der Waals surface area contributed by atoms with Crippen molar-refractivity contribution >= 4 is 11.3 Å². The molecule has 2 heterocycles. The Kier molecular flexibility index (Phi) is 4.22. The van der Waals surface area contributed by atoms with Crippen LogP contribution in [0.5, 0.6) is 0 Å². The SMILES string of the molecule is CNCCCc1nc(Cc2csc(C)n2)no1. The van der Waals surface area contributed by atoms with E-state index in [1.165, 1.54) is 0 Å². The third-order valence-corrected chi connectivity index (χ3v) is 3.16. The van der Waals surface area contributed by atoms with Gasteiger partial charge in [0.25, 0.3) is 0 Å². The number of thiazole rings is 1. The van der Waals surface area contributed by atoms with Gasteiger partial charge in [0.05, 0.1) is 17.1 Å². The van der Waals surface area contributed by atoms with Gasteiger partial charge in [-0.25, -0.2) is 4.98 Å². The second-order valence-electron chi connectivity index (χ2n) is 3.85. The van der Waals surface area contributed by atoms with Gasteiger partial charge in [-0.05, 0) is 26.9 Å². The number of hydrogen-bond donors (Lipinski definition) is 1. The van der Waals surface area contributed by atoms with E-state index in [9.17, 15) is 0 Å². The maximum atomic E-state index is 5.18. The summed E-state index contributed by atoms with van der Waals surface area (Å²) in [6.07, 6.45) is 2.48. The fourth-order valence-corrected chi connectivity index (χ4v) is 2.14. The molecule has 0 atom stereocenters. The molecule has 2 aromatic rings. The third kappa shape index (κ3) is 3.61. The van der Waals surface area contributed by atoms with Crippen LogP contribution in [-0.4, -0.2) is 28.7 Å². The fourth-order valence-electron chi connectivity index (χ4n) is 1.53. The normalized spacial score (nSPS) is 10.9. The molecular formula is C11H16N4OS. The van der Waals surface area contributed by atoms with Crippen LogP contribution in [0.3, 0.4) is 0 Å². The fraction of sp³-hybridized carbons (Fsp3) is 0.545. The molecule has 0 aromatic carbocycles. The Balaban J connectivity index is 1.89. The van der Waals surface area contributed by atoms with Gasteiger partial charge in [-0.3, -0.25) is 0 Å². The predicted molar refractivity (Wildman–Crippen MR) is 66.2 cm³/mol. The number of rotatable bonds is 6. The molecule has 2 rings (SSSR count). The van der Waals surface area contributed by atoms with Crippen molar-refractivity contribution in [2.75, 3.05) is 13.6 Å². The zero-order valence-corrected chi connectivity index (χ0v) is 10.9. The van der Waals surface area contributed by atoms with Crippen molar-refractivity contribution in [2.24, 2.45) is 0 Å². The highest BCUT2D eigenvalue weighted by molar-refractivity contribution is 7.09. The largest absolute Gasteiger partial charge is 0.339 e. The quantitative estimate of drug-likeness (QED) is 0.791. The van der Waals surface area contributed by atoms with E-state index in [0.717, 1.165) is 35.9 Å². The van der Waals surface area contributed by atoms with Crippen LogP contribution in [0.1, 0.15) is 28.8 Å². The summed E-state index contributed by atoms with van der Waals surface area (Å²) in [6, 6.07) is 0. The second kappa shape index (κ2) is 5.88. The molecule has 0 aliphatic heterocycles. The van der Waals surface area contributed by atoms with Gasteiger partial charge in [0, 0.05) is 11.8 Å². The van der Waals surface area contributed by atoms with E-state index in [1.54, 1.807) is 11.3 Å². The molecule has 17 heavy (non-hydrogen) atoms. The number of nitrogens with zero attached hydrogens (tertiary/aromatic N) is 3. The lowest BCUT2D eigenvalue weighted by Gasteiger charge is -1.93. The Bertz CT molecular complexity index is 465. The summed E-state index contributed by atoms with van der Waals surface area (Å²) in [7, 11) is 1.93. The number of aryl methyl sites for hydroxylation is 2. The van der Waals surface area contributed by atoms with Crippen LogP contribution in [0.4, 0.5) is 0 Å². The number of aromatic nitrogens is 3. The zero-order chi connectivity index (χ0) is 12.1. The molecule has 0 aliphatic rings. The predicted octanol–water partition coefficient (Wildman–Crippen LogP) is 1.58. The first kappa shape index (κ1) is 12.2. The van der Waals surface area contributed by atoms with Gasteiger partial charge in [0.2, 0.25) is 5.89 Å². The molecule has 0 spiro atoms. The van der Waals surface area contributed by atoms with Crippen LogP contribution < -0.4 is 5.32 Å². The maximum absolute atomic E-state index is 5.18. The van der Waals surface area contributed by atoms with Crippen molar-refractivity contribution in [3.63, 3.8) is 0 Å². The maximum Gasteiger partial charge on any atom is 0.226 e. The summed E-state index contributed by atoms with van der Waals surface area (Å²) in [6.45, 7) is 2.95. The van der Waals surface area contributed by atoms with E-state index in [2.05, 4.69) is 20.4 Å². The molecule has 0 amide bonds. The van der Waals surface area contributed by atoms with E-state index < -0.39 is 0 Å². The monoisotopic (exact) mass is 252 g/mol. The molecule has 1 N–H and O–H groups in total. The number of nitrogens with one attached hydrogen (secondary N) is 1. The van der Waals surface area contributed by atoms with Crippen LogP contribution >= 0.6 is 11.3 Å². The average molecular weight is 252 g/mol. The molecule has 0 unspecified atom stereocenters. The van der Waals surface area contributed by atoms with Crippen molar-refractivity contribution in [3.05, 3.63) is 27.8 Å². The standard InChI is InChI=1S/C11H16N4OS/c1-8-13-9(7-17-8)6-10-14-11(16-15-10)4-3-5-12-2/h7,12H,3-6H2,1-2H3. The molecule has 0 saturated carbocycles. The van der Waals surface area contributed by atoms with Crippen molar-refractivity contribution in [2.45, 2.75) is 26.2 Å². The summed E-state index contributed by atoms with van der Waals surface area (Å²) >= 11 is 1.64. The second-order valence-corrected chi connectivity index (χ2v) is 4.91. The van der Waals surface area contributed by atoms with E-state index in [4.69, 9.17) is 4.52 Å². The van der Waals surface area contributed by atoms with Gasteiger partial charge in [-0.2, -0.15) is 4.98 Å². The number of hydrogen-bond acceptors (Lipinski definition) is 6. The third-order valence-electron chi connectivity index (χ3n) is 2.33. The van der Waals surface area contributed by atoms with Gasteiger partial charge in [0.15, 0.2) is 5.82 Å². The van der Waals surface area contributed by atoms with Gasteiger partial charge in [-0.1, -0.05) is 5.16 Å². The first-order valence-corrected chi connectivity index (χ1v) is 6.53. The first-order valence-electron chi connectivity index (χ1n) is 5.65. The molecule has 0 aliphatic carbocycles. The van der Waals surface area contributed by atoms with Crippen LogP contribution in [0.25, 0.3) is 0 Å². The van der Waals surface area contributed by atoms with E-state index in [0.29, 0.717) is 12.3 Å². The molecule has 5 nitrogen and oxygen atoms in total. The summed E-state index contributed by atoms with van der Waals surface area (Å²) in [5, 5.41) is 10.1. The van der Waals surface area contributed by atoms with Gasteiger partial charge in [0.1, 0.15) is 0 Å². The van der Waals surface area contributed by atoms with Crippen LogP contribution in [0.2, 0.25) is 0 Å². The molecule has 92 valence electrons. The summed E-state index contributed by atoms with van der Waals surface area (Å²) in [4.78, 5) is 8.72. The minimum atomic E-state index is 0.653. The van der Waals surface area contributed by atoms with E-state index in [-0.39, 0.29) is 0 Å². The van der Waals surface area contributed by atoms with Crippen LogP contribution in [0.15, 0.2) is 9.90 Å². The molecule has 0 radical (unpaired) electrons. The Hall–Kier alpha value is -1.27. The van der Waals surface area contributed by atoms with Crippen molar-refractivity contribution in [1.29, 1.82) is 0 Å². The molecular weight excluding hydrogens is 236 g/mol. The summed E-state index contributed by atoms with van der Waals surface area (Å²) in [5.74, 6) is 1.43. The summed E-state index contributed by atoms with van der Waals surface area (Å²) in [5.41, 5.74) is 1.01. The van der Waals surface area contributed by atoms with Crippen molar-refractivity contribution in [1.82, 2.24) is 20.4 Å². The molecule has 0 fully saturated rings. The van der Waals surface area contributed by atoms with Crippen LogP contribution in [0, 0.1) is 6.92 Å². The highest BCUT2D eigenvalue weighted by Crippen LogP contribution is 2.11. The lowest BCUT2D eigenvalue weighted by atomic mass is 10.3. The highest BCUT2D eigenvalue weighted by Gasteiger charge is 2.08. The zero-order valence-electron chi connectivity index (χ0n) is 10.1. The first-order chi connectivity index (χ1) is 8.28. The van der Waals surface area contributed by atoms with Crippen molar-refractivity contribution < 1.29 is 4.52 Å². The molecule has 0 bridgehead atoms. The Morgan fingerprint density at radius 2 is 2.29 bits per heavy atom. The Labute approximate surface area is 104 Å². The molecule has 6 heteroatoms. The van der Waals surface area contributed by atoms with Gasteiger partial charge >= 0.3 is 0 Å². The lowest BCUT2D eigenvalue weighted by molar-refractivity contribution is 0.370. The highest BCUT2D eigenvalue weighted by atomic mass is 32.1. The molecule has 0 saturated heterocycles. The van der Waals surface area contributed by atoms with Crippen molar-refractivity contribution in [3.8, 4) is 0 Å². The average Bonchev–Trinajstić information content (AvgIpc) is 2.90. The minimum absolute atomic E-state index is 0.653. The minimum Gasteiger partial charge on any atom is -0.339 e. The lowest BCUT2D eigenvalue weighted by Crippen LogP contribution is -2.08. The smallest absolute Gasteiger partial charge is 0.226 e. The van der Waals surface area contributed by atoms with E-state index in [1.807, 2.05) is 19.4 Å². The Morgan fingerprint density at radius 1 is 1.41 bits per heavy atom. The topological polar surface area (TPSA) is 63.8 Å². The molecule has 2 aromatic heterocycles. The van der Waals surface area contributed by atoms with Crippen LogP contribution in [-0.2, 0) is 12.8 Å². The Morgan fingerprint density at radius 3 is 3.00 bits per heavy atom. The van der Waals surface area contributed by atoms with Gasteiger partial charge < -0.3 is 9.84 Å². The van der Waals surface area contributed by atoms with E-state index >= 15 is 0 Å². The van der Waals surface area contributed by atoms with Gasteiger partial charge in [-0.15, -0.1) is 11.3 Å².